The predicted octanol–water partition coefficient (Wildman–Crippen LogP) is 2.34. The smallest absolute Gasteiger partial charge is 0.253 e. The number of carbonyl (C=O) groups excluding carboxylic acids is 1. The highest BCUT2D eigenvalue weighted by molar-refractivity contribution is 5.94. The van der Waals surface area contributed by atoms with E-state index in [4.69, 9.17) is 5.73 Å². The van der Waals surface area contributed by atoms with Gasteiger partial charge in [-0.1, -0.05) is 6.92 Å². The lowest BCUT2D eigenvalue weighted by atomic mass is 10.1. The Bertz CT molecular complexity index is 387. The Morgan fingerprint density at radius 3 is 2.61 bits per heavy atom. The summed E-state index contributed by atoms with van der Waals surface area (Å²) < 4.78 is 13.3. The van der Waals surface area contributed by atoms with Gasteiger partial charge < -0.3 is 10.6 Å². The molecule has 0 spiro atoms. The summed E-state index contributed by atoms with van der Waals surface area (Å²) in [5.74, 6) is -0.485. The standard InChI is InChI=1S/C14H21FN2O/c1-3-6-17(7-4-5-16)14(18)12-8-11(2)9-13(15)10-12/h8-10H,3-7,16H2,1-2H3. The molecular weight excluding hydrogens is 231 g/mol. The molecule has 1 amide bonds. The molecule has 0 saturated carbocycles. The van der Waals surface area contributed by atoms with E-state index in [0.717, 1.165) is 18.4 Å². The molecule has 0 heterocycles. The fourth-order valence-corrected chi connectivity index (χ4v) is 1.91. The summed E-state index contributed by atoms with van der Waals surface area (Å²) in [6, 6.07) is 4.43. The highest BCUT2D eigenvalue weighted by Crippen LogP contribution is 2.11. The molecule has 0 aromatic heterocycles. The van der Waals surface area contributed by atoms with Crippen molar-refractivity contribution in [3.63, 3.8) is 0 Å². The largest absolute Gasteiger partial charge is 0.339 e. The van der Waals surface area contributed by atoms with Crippen LogP contribution >= 0.6 is 0 Å². The quantitative estimate of drug-likeness (QED) is 0.844. The lowest BCUT2D eigenvalue weighted by molar-refractivity contribution is 0.0754. The van der Waals surface area contributed by atoms with E-state index in [1.807, 2.05) is 6.92 Å². The lowest BCUT2D eigenvalue weighted by Crippen LogP contribution is -2.33. The van der Waals surface area contributed by atoms with Gasteiger partial charge in [0.1, 0.15) is 5.82 Å². The van der Waals surface area contributed by atoms with Gasteiger partial charge in [-0.2, -0.15) is 0 Å². The summed E-state index contributed by atoms with van der Waals surface area (Å²) in [6.45, 7) is 5.65. The van der Waals surface area contributed by atoms with E-state index < -0.39 is 0 Å². The molecule has 1 rings (SSSR count). The molecule has 0 aliphatic carbocycles. The number of hydrogen-bond donors (Lipinski definition) is 1. The van der Waals surface area contributed by atoms with Crippen molar-refractivity contribution in [3.05, 3.63) is 35.1 Å². The summed E-state index contributed by atoms with van der Waals surface area (Å²) in [4.78, 5) is 14.0. The highest BCUT2D eigenvalue weighted by Gasteiger charge is 2.15. The van der Waals surface area contributed by atoms with Crippen molar-refractivity contribution in [3.8, 4) is 0 Å². The lowest BCUT2D eigenvalue weighted by Gasteiger charge is -2.22. The maximum atomic E-state index is 13.3. The van der Waals surface area contributed by atoms with Crippen molar-refractivity contribution < 1.29 is 9.18 Å². The molecule has 2 N–H and O–H groups in total. The minimum absolute atomic E-state index is 0.118. The molecule has 0 radical (unpaired) electrons. The number of amides is 1. The Morgan fingerprint density at radius 1 is 1.33 bits per heavy atom. The first-order chi connectivity index (χ1) is 8.58. The van der Waals surface area contributed by atoms with Gasteiger partial charge in [0.05, 0.1) is 0 Å². The van der Waals surface area contributed by atoms with Gasteiger partial charge in [0.15, 0.2) is 0 Å². The van der Waals surface area contributed by atoms with Crippen LogP contribution in [0.25, 0.3) is 0 Å². The number of carbonyl (C=O) groups is 1. The third kappa shape index (κ3) is 4.11. The first kappa shape index (κ1) is 14.6. The average molecular weight is 252 g/mol. The van der Waals surface area contributed by atoms with E-state index >= 15 is 0 Å². The molecule has 0 unspecified atom stereocenters. The number of nitrogens with two attached hydrogens (primary N) is 1. The molecule has 3 nitrogen and oxygen atoms in total. The Labute approximate surface area is 108 Å². The van der Waals surface area contributed by atoms with Crippen LogP contribution in [-0.4, -0.2) is 30.4 Å². The van der Waals surface area contributed by atoms with Crippen LogP contribution in [0.4, 0.5) is 4.39 Å². The molecular formula is C14H21FN2O. The monoisotopic (exact) mass is 252 g/mol. The Kier molecular flexibility index (Phi) is 5.78. The fourth-order valence-electron chi connectivity index (χ4n) is 1.91. The van der Waals surface area contributed by atoms with Crippen molar-refractivity contribution in [2.45, 2.75) is 26.7 Å². The maximum absolute atomic E-state index is 13.3. The molecule has 0 fully saturated rings. The van der Waals surface area contributed by atoms with Crippen LogP contribution in [0.15, 0.2) is 18.2 Å². The number of hydrogen-bond acceptors (Lipinski definition) is 2. The minimum Gasteiger partial charge on any atom is -0.339 e. The molecule has 0 bridgehead atoms. The topological polar surface area (TPSA) is 46.3 Å². The van der Waals surface area contributed by atoms with Crippen molar-refractivity contribution >= 4 is 5.91 Å². The highest BCUT2D eigenvalue weighted by atomic mass is 19.1. The number of aryl methyl sites for hydroxylation is 1. The zero-order valence-corrected chi connectivity index (χ0v) is 11.1. The van der Waals surface area contributed by atoms with Gasteiger partial charge in [0, 0.05) is 18.7 Å². The van der Waals surface area contributed by atoms with E-state index in [0.29, 0.717) is 25.2 Å². The first-order valence-corrected chi connectivity index (χ1v) is 6.35. The molecule has 0 atom stereocenters. The second-order valence-electron chi connectivity index (χ2n) is 4.45. The third-order valence-corrected chi connectivity index (χ3v) is 2.70. The minimum atomic E-state index is -0.367. The van der Waals surface area contributed by atoms with Crippen molar-refractivity contribution in [2.75, 3.05) is 19.6 Å². The van der Waals surface area contributed by atoms with Gasteiger partial charge >= 0.3 is 0 Å². The van der Waals surface area contributed by atoms with Crippen LogP contribution in [0.3, 0.4) is 0 Å². The summed E-state index contributed by atoms with van der Waals surface area (Å²) >= 11 is 0. The number of rotatable bonds is 6. The molecule has 1 aromatic rings. The van der Waals surface area contributed by atoms with Crippen LogP contribution in [-0.2, 0) is 0 Å². The van der Waals surface area contributed by atoms with Gasteiger partial charge in [-0.15, -0.1) is 0 Å². The number of halogens is 1. The second kappa shape index (κ2) is 7.11. The first-order valence-electron chi connectivity index (χ1n) is 6.35. The summed E-state index contributed by atoms with van der Waals surface area (Å²) in [7, 11) is 0. The molecule has 18 heavy (non-hydrogen) atoms. The second-order valence-corrected chi connectivity index (χ2v) is 4.45. The third-order valence-electron chi connectivity index (χ3n) is 2.70. The van der Waals surface area contributed by atoms with E-state index in [9.17, 15) is 9.18 Å². The predicted molar refractivity (Wildman–Crippen MR) is 71.0 cm³/mol. The van der Waals surface area contributed by atoms with Gasteiger partial charge in [0.2, 0.25) is 0 Å². The SMILES string of the molecule is CCCN(CCCN)C(=O)c1cc(C)cc(F)c1. The molecule has 0 saturated heterocycles. The average Bonchev–Trinajstić information content (AvgIpc) is 2.32. The van der Waals surface area contributed by atoms with E-state index in [-0.39, 0.29) is 11.7 Å². The molecule has 100 valence electrons. The number of benzene rings is 1. The van der Waals surface area contributed by atoms with Crippen LogP contribution < -0.4 is 5.73 Å². The van der Waals surface area contributed by atoms with E-state index in [1.54, 1.807) is 17.9 Å². The van der Waals surface area contributed by atoms with Crippen molar-refractivity contribution in [1.29, 1.82) is 0 Å². The van der Waals surface area contributed by atoms with E-state index in [1.165, 1.54) is 12.1 Å². The van der Waals surface area contributed by atoms with Gasteiger partial charge in [-0.3, -0.25) is 4.79 Å². The zero-order chi connectivity index (χ0) is 13.5. The molecule has 0 aliphatic heterocycles. The molecule has 0 aliphatic rings. The number of nitrogens with zero attached hydrogens (tertiary/aromatic N) is 1. The van der Waals surface area contributed by atoms with Crippen molar-refractivity contribution in [2.24, 2.45) is 5.73 Å². The fraction of sp³-hybridized carbons (Fsp3) is 0.500. The maximum Gasteiger partial charge on any atom is 0.253 e. The summed E-state index contributed by atoms with van der Waals surface area (Å²) in [6.07, 6.45) is 1.64. The molecule has 4 heteroatoms. The van der Waals surface area contributed by atoms with Crippen LogP contribution in [0.1, 0.15) is 35.7 Å². The van der Waals surface area contributed by atoms with Crippen LogP contribution in [0.2, 0.25) is 0 Å². The van der Waals surface area contributed by atoms with Crippen molar-refractivity contribution in [1.82, 2.24) is 4.90 Å². The van der Waals surface area contributed by atoms with E-state index in [2.05, 4.69) is 0 Å². The van der Waals surface area contributed by atoms with Crippen LogP contribution in [0.5, 0.6) is 0 Å². The molecule has 1 aromatic carbocycles. The zero-order valence-electron chi connectivity index (χ0n) is 11.1. The Balaban J connectivity index is 2.86. The summed E-state index contributed by atoms with van der Waals surface area (Å²) in [5.41, 5.74) is 6.63. The normalized spacial score (nSPS) is 10.4. The Hall–Kier alpha value is -1.42. The summed E-state index contributed by atoms with van der Waals surface area (Å²) in [5, 5.41) is 0. The van der Waals surface area contributed by atoms with Gasteiger partial charge in [-0.05, 0) is 50.1 Å². The van der Waals surface area contributed by atoms with Gasteiger partial charge in [-0.25, -0.2) is 4.39 Å². The van der Waals surface area contributed by atoms with Gasteiger partial charge in [0.25, 0.3) is 5.91 Å². The van der Waals surface area contributed by atoms with Crippen LogP contribution in [0, 0.1) is 12.7 Å². The Morgan fingerprint density at radius 2 is 2.06 bits per heavy atom.